The normalized spacial score (nSPS) is 37.4. The smallest absolute Gasteiger partial charge is 0.329 e. The summed E-state index contributed by atoms with van der Waals surface area (Å²) in [7, 11) is 2.11. The maximum Gasteiger partial charge on any atom is 0.391 e. The number of hydrogen-bond acceptors (Lipinski definition) is 3. The number of rotatable bonds is 2. The minimum Gasteiger partial charge on any atom is -0.329 e. The Balaban J connectivity index is 2.08. The molecule has 0 spiro atoms. The third-order valence-corrected chi connectivity index (χ3v) is 5.42. The summed E-state index contributed by atoms with van der Waals surface area (Å²) >= 11 is 0. The predicted octanol–water partition coefficient (Wildman–Crippen LogP) is 2.46. The Bertz CT molecular complexity index is 338. The van der Waals surface area contributed by atoms with E-state index < -0.39 is 12.1 Å². The predicted molar refractivity (Wildman–Crippen MR) is 78.1 cm³/mol. The third kappa shape index (κ3) is 3.71. The molecule has 2 rings (SSSR count). The summed E-state index contributed by atoms with van der Waals surface area (Å²) < 4.78 is 38.6. The lowest BCUT2D eigenvalue weighted by atomic mass is 9.74. The van der Waals surface area contributed by atoms with Gasteiger partial charge in [0.25, 0.3) is 0 Å². The molecule has 2 fully saturated rings. The fourth-order valence-corrected chi connectivity index (χ4v) is 4.17. The maximum atomic E-state index is 12.9. The fourth-order valence-electron chi connectivity index (χ4n) is 4.17. The van der Waals surface area contributed by atoms with Crippen molar-refractivity contribution in [3.8, 4) is 0 Å². The minimum atomic E-state index is -4.05. The summed E-state index contributed by atoms with van der Waals surface area (Å²) in [6.07, 6.45) is -1.40. The lowest BCUT2D eigenvalue weighted by Gasteiger charge is -2.50. The number of halogens is 3. The van der Waals surface area contributed by atoms with Crippen LogP contribution in [0.3, 0.4) is 0 Å². The van der Waals surface area contributed by atoms with Crippen LogP contribution in [0, 0.1) is 5.92 Å². The van der Waals surface area contributed by atoms with Crippen LogP contribution in [0.2, 0.25) is 0 Å². The Labute approximate surface area is 125 Å². The average molecular weight is 307 g/mol. The van der Waals surface area contributed by atoms with Gasteiger partial charge in [0, 0.05) is 31.2 Å². The molecule has 2 aliphatic rings. The molecule has 0 amide bonds. The van der Waals surface area contributed by atoms with Gasteiger partial charge in [-0.25, -0.2) is 0 Å². The van der Waals surface area contributed by atoms with E-state index >= 15 is 0 Å². The van der Waals surface area contributed by atoms with Gasteiger partial charge in [0.1, 0.15) is 0 Å². The van der Waals surface area contributed by atoms with E-state index in [-0.39, 0.29) is 18.4 Å². The highest BCUT2D eigenvalue weighted by Crippen LogP contribution is 2.43. The summed E-state index contributed by atoms with van der Waals surface area (Å²) in [5.41, 5.74) is 5.81. The molecule has 124 valence electrons. The van der Waals surface area contributed by atoms with E-state index in [1.54, 1.807) is 0 Å². The second kappa shape index (κ2) is 6.42. The first-order valence-corrected chi connectivity index (χ1v) is 8.00. The topological polar surface area (TPSA) is 32.5 Å². The SMILES string of the molecule is CC1CN(C)CCCN1C1(CN)CCC(C(F)(F)F)CC1. The van der Waals surface area contributed by atoms with Crippen LogP contribution in [-0.2, 0) is 0 Å². The molecule has 2 N–H and O–H groups in total. The van der Waals surface area contributed by atoms with E-state index in [1.165, 1.54) is 0 Å². The van der Waals surface area contributed by atoms with Crippen molar-refractivity contribution in [3.05, 3.63) is 0 Å². The molecule has 1 aliphatic heterocycles. The van der Waals surface area contributed by atoms with Gasteiger partial charge in [-0.2, -0.15) is 13.2 Å². The van der Waals surface area contributed by atoms with E-state index in [4.69, 9.17) is 5.73 Å². The van der Waals surface area contributed by atoms with Crippen molar-refractivity contribution in [2.75, 3.05) is 33.2 Å². The molecule has 0 radical (unpaired) electrons. The first-order valence-electron chi connectivity index (χ1n) is 8.00. The Morgan fingerprint density at radius 1 is 1.19 bits per heavy atom. The van der Waals surface area contributed by atoms with Crippen LogP contribution in [0.4, 0.5) is 13.2 Å². The molecule has 1 saturated carbocycles. The van der Waals surface area contributed by atoms with Crippen molar-refractivity contribution in [2.45, 2.75) is 56.8 Å². The van der Waals surface area contributed by atoms with Gasteiger partial charge in [-0.1, -0.05) is 0 Å². The van der Waals surface area contributed by atoms with Gasteiger partial charge < -0.3 is 10.6 Å². The molecular weight excluding hydrogens is 279 g/mol. The molecular formula is C15H28F3N3. The molecule has 0 aromatic rings. The van der Waals surface area contributed by atoms with Gasteiger partial charge in [0.15, 0.2) is 0 Å². The molecule has 1 heterocycles. The van der Waals surface area contributed by atoms with Crippen molar-refractivity contribution in [1.82, 2.24) is 9.80 Å². The molecule has 0 aromatic carbocycles. The number of nitrogens with two attached hydrogens (primary N) is 1. The zero-order valence-corrected chi connectivity index (χ0v) is 13.1. The van der Waals surface area contributed by atoms with Gasteiger partial charge in [-0.3, -0.25) is 4.90 Å². The lowest BCUT2D eigenvalue weighted by molar-refractivity contribution is -0.189. The van der Waals surface area contributed by atoms with Gasteiger partial charge in [0.05, 0.1) is 5.92 Å². The first-order chi connectivity index (χ1) is 9.78. The molecule has 21 heavy (non-hydrogen) atoms. The van der Waals surface area contributed by atoms with E-state index in [1.807, 2.05) is 0 Å². The summed E-state index contributed by atoms with van der Waals surface area (Å²) in [6.45, 7) is 5.59. The second-order valence-corrected chi connectivity index (χ2v) is 6.90. The first kappa shape index (κ1) is 17.0. The van der Waals surface area contributed by atoms with E-state index in [0.29, 0.717) is 25.4 Å². The highest BCUT2D eigenvalue weighted by atomic mass is 19.4. The van der Waals surface area contributed by atoms with Crippen LogP contribution in [0.1, 0.15) is 39.0 Å². The van der Waals surface area contributed by atoms with Crippen LogP contribution in [0.25, 0.3) is 0 Å². The monoisotopic (exact) mass is 307 g/mol. The molecule has 0 aromatic heterocycles. The number of likely N-dealkylation sites (N-methyl/N-ethyl adjacent to an activating group) is 1. The Morgan fingerprint density at radius 2 is 1.81 bits per heavy atom. The Hall–Kier alpha value is -0.330. The van der Waals surface area contributed by atoms with Crippen LogP contribution in [0.15, 0.2) is 0 Å². The highest BCUT2D eigenvalue weighted by molar-refractivity contribution is 4.99. The Morgan fingerprint density at radius 3 is 2.33 bits per heavy atom. The average Bonchev–Trinajstić information content (AvgIpc) is 2.58. The molecule has 3 nitrogen and oxygen atoms in total. The summed E-state index contributed by atoms with van der Waals surface area (Å²) in [5.74, 6) is -1.14. The number of nitrogens with zero attached hydrogens (tertiary/aromatic N) is 2. The van der Waals surface area contributed by atoms with Gasteiger partial charge in [-0.05, 0) is 52.6 Å². The van der Waals surface area contributed by atoms with Crippen LogP contribution < -0.4 is 5.73 Å². The van der Waals surface area contributed by atoms with Crippen molar-refractivity contribution < 1.29 is 13.2 Å². The number of hydrogen-bond donors (Lipinski definition) is 1. The van der Waals surface area contributed by atoms with Crippen molar-refractivity contribution in [1.29, 1.82) is 0 Å². The minimum absolute atomic E-state index is 0.222. The second-order valence-electron chi connectivity index (χ2n) is 6.90. The zero-order valence-electron chi connectivity index (χ0n) is 13.1. The molecule has 1 saturated heterocycles. The van der Waals surface area contributed by atoms with E-state index in [0.717, 1.165) is 26.1 Å². The third-order valence-electron chi connectivity index (χ3n) is 5.42. The van der Waals surface area contributed by atoms with Crippen molar-refractivity contribution >= 4 is 0 Å². The summed E-state index contributed by atoms with van der Waals surface area (Å²) in [4.78, 5) is 4.71. The zero-order chi connectivity index (χ0) is 15.7. The molecule has 1 atom stereocenters. The van der Waals surface area contributed by atoms with Crippen LogP contribution >= 0.6 is 0 Å². The van der Waals surface area contributed by atoms with Gasteiger partial charge >= 0.3 is 6.18 Å². The molecule has 0 bridgehead atoms. The highest BCUT2D eigenvalue weighted by Gasteiger charge is 2.48. The molecule has 1 unspecified atom stereocenters. The van der Waals surface area contributed by atoms with Crippen LogP contribution in [0.5, 0.6) is 0 Å². The lowest BCUT2D eigenvalue weighted by Crippen LogP contribution is -2.60. The quantitative estimate of drug-likeness (QED) is 0.850. The Kier molecular flexibility index (Phi) is 5.21. The largest absolute Gasteiger partial charge is 0.391 e. The molecule has 1 aliphatic carbocycles. The van der Waals surface area contributed by atoms with Crippen molar-refractivity contribution in [2.24, 2.45) is 11.7 Å². The summed E-state index contributed by atoms with van der Waals surface area (Å²) in [5, 5.41) is 0. The van der Waals surface area contributed by atoms with Gasteiger partial charge in [-0.15, -0.1) is 0 Å². The van der Waals surface area contributed by atoms with E-state index in [2.05, 4.69) is 23.8 Å². The van der Waals surface area contributed by atoms with E-state index in [9.17, 15) is 13.2 Å². The summed E-state index contributed by atoms with van der Waals surface area (Å²) in [6, 6.07) is 0.350. The van der Waals surface area contributed by atoms with Crippen LogP contribution in [-0.4, -0.2) is 60.8 Å². The van der Waals surface area contributed by atoms with Gasteiger partial charge in [0.2, 0.25) is 0 Å². The number of alkyl halides is 3. The van der Waals surface area contributed by atoms with Crippen molar-refractivity contribution in [3.63, 3.8) is 0 Å². The standard InChI is InChI=1S/C15H28F3N3/c1-12-10-20(2)8-3-9-21(12)14(11-19)6-4-13(5-7-14)15(16,17)18/h12-13H,3-11,19H2,1-2H3. The molecule has 6 heteroatoms. The fraction of sp³-hybridized carbons (Fsp3) is 1.00. The maximum absolute atomic E-state index is 12.9.